The maximum atomic E-state index is 4.64. The van der Waals surface area contributed by atoms with E-state index in [0.717, 1.165) is 29.8 Å². The minimum absolute atomic E-state index is 0.461. The van der Waals surface area contributed by atoms with Gasteiger partial charge in [-0.1, -0.05) is 6.92 Å². The molecule has 1 atom stereocenters. The summed E-state index contributed by atoms with van der Waals surface area (Å²) in [7, 11) is 0. The van der Waals surface area contributed by atoms with Crippen molar-refractivity contribution in [3.63, 3.8) is 0 Å². The van der Waals surface area contributed by atoms with Gasteiger partial charge in [0.2, 0.25) is 0 Å². The van der Waals surface area contributed by atoms with Crippen molar-refractivity contribution in [2.75, 3.05) is 6.54 Å². The summed E-state index contributed by atoms with van der Waals surface area (Å²) >= 11 is 0. The fourth-order valence-corrected chi connectivity index (χ4v) is 2.13. The second kappa shape index (κ2) is 4.88. The summed E-state index contributed by atoms with van der Waals surface area (Å²) in [5.74, 6) is 1.07. The van der Waals surface area contributed by atoms with Gasteiger partial charge in [-0.05, 0) is 50.6 Å². The molecule has 0 spiro atoms. The Morgan fingerprint density at radius 2 is 2.00 bits per heavy atom. The summed E-state index contributed by atoms with van der Waals surface area (Å²) in [6, 6.07) is 4.80. The fourth-order valence-electron chi connectivity index (χ4n) is 2.13. The summed E-state index contributed by atoms with van der Waals surface area (Å²) in [5.41, 5.74) is 4.83. The summed E-state index contributed by atoms with van der Waals surface area (Å²) < 4.78 is 0. The van der Waals surface area contributed by atoms with Crippen molar-refractivity contribution in [1.82, 2.24) is 15.3 Å². The molecule has 3 heteroatoms. The summed E-state index contributed by atoms with van der Waals surface area (Å²) in [6.07, 6.45) is 0.945. The Kier molecular flexibility index (Phi) is 3.48. The molecule has 17 heavy (non-hydrogen) atoms. The number of aromatic nitrogens is 2. The van der Waals surface area contributed by atoms with E-state index < -0.39 is 0 Å². The topological polar surface area (TPSA) is 40.7 Å². The van der Waals surface area contributed by atoms with Crippen LogP contribution < -0.4 is 5.32 Å². The van der Waals surface area contributed by atoms with E-state index in [4.69, 9.17) is 0 Å². The Morgan fingerprint density at radius 3 is 2.71 bits per heavy atom. The van der Waals surface area contributed by atoms with Gasteiger partial charge in [0.15, 0.2) is 0 Å². The van der Waals surface area contributed by atoms with E-state index in [1.807, 2.05) is 0 Å². The predicted molar refractivity (Wildman–Crippen MR) is 72.4 cm³/mol. The Morgan fingerprint density at radius 1 is 1.29 bits per heavy atom. The standard InChI is InChI=1S/C14H21N3/c1-5-15-11(4)8-14-16-12-6-9(2)10(3)7-13(12)17-14/h6-7,11,15H,5,8H2,1-4H3,(H,16,17). The number of rotatable bonds is 4. The molecule has 0 aliphatic heterocycles. The molecule has 0 amide bonds. The van der Waals surface area contributed by atoms with Crippen molar-refractivity contribution in [1.29, 1.82) is 0 Å². The molecular formula is C14H21N3. The van der Waals surface area contributed by atoms with Crippen LogP contribution in [-0.2, 0) is 6.42 Å². The predicted octanol–water partition coefficient (Wildman–Crippen LogP) is 2.72. The van der Waals surface area contributed by atoms with E-state index in [1.165, 1.54) is 11.1 Å². The Balaban J connectivity index is 2.25. The third-order valence-electron chi connectivity index (χ3n) is 3.20. The lowest BCUT2D eigenvalue weighted by Gasteiger charge is -2.09. The van der Waals surface area contributed by atoms with Crippen LogP contribution in [0.15, 0.2) is 12.1 Å². The van der Waals surface area contributed by atoms with Crippen molar-refractivity contribution >= 4 is 11.0 Å². The highest BCUT2D eigenvalue weighted by atomic mass is 14.9. The van der Waals surface area contributed by atoms with Gasteiger partial charge >= 0.3 is 0 Å². The van der Waals surface area contributed by atoms with Crippen molar-refractivity contribution in [3.05, 3.63) is 29.1 Å². The number of hydrogen-bond acceptors (Lipinski definition) is 2. The number of H-pyrrole nitrogens is 1. The minimum atomic E-state index is 0.461. The zero-order valence-electron chi connectivity index (χ0n) is 11.1. The zero-order valence-corrected chi connectivity index (χ0v) is 11.1. The molecule has 0 aliphatic rings. The van der Waals surface area contributed by atoms with Crippen molar-refractivity contribution in [2.24, 2.45) is 0 Å². The first-order valence-electron chi connectivity index (χ1n) is 6.29. The Labute approximate surface area is 103 Å². The van der Waals surface area contributed by atoms with Crippen LogP contribution in [0.1, 0.15) is 30.8 Å². The van der Waals surface area contributed by atoms with Crippen LogP contribution in [0, 0.1) is 13.8 Å². The van der Waals surface area contributed by atoms with Crippen LogP contribution in [-0.4, -0.2) is 22.6 Å². The number of imidazole rings is 1. The summed E-state index contributed by atoms with van der Waals surface area (Å²) in [6.45, 7) is 9.58. The molecule has 3 nitrogen and oxygen atoms in total. The first kappa shape index (κ1) is 12.1. The maximum absolute atomic E-state index is 4.64. The van der Waals surface area contributed by atoms with Crippen LogP contribution >= 0.6 is 0 Å². The molecule has 0 saturated carbocycles. The van der Waals surface area contributed by atoms with E-state index in [2.05, 4.69) is 55.1 Å². The van der Waals surface area contributed by atoms with Crippen molar-refractivity contribution < 1.29 is 0 Å². The first-order valence-corrected chi connectivity index (χ1v) is 6.29. The third-order valence-corrected chi connectivity index (χ3v) is 3.20. The van der Waals surface area contributed by atoms with Gasteiger partial charge in [0.25, 0.3) is 0 Å². The SMILES string of the molecule is CCNC(C)Cc1nc2cc(C)c(C)cc2[nH]1. The van der Waals surface area contributed by atoms with Gasteiger partial charge in [0, 0.05) is 12.5 Å². The lowest BCUT2D eigenvalue weighted by atomic mass is 10.1. The number of nitrogens with zero attached hydrogens (tertiary/aromatic N) is 1. The third kappa shape index (κ3) is 2.67. The van der Waals surface area contributed by atoms with E-state index in [0.29, 0.717) is 6.04 Å². The number of fused-ring (bicyclic) bond motifs is 1. The molecular weight excluding hydrogens is 210 g/mol. The second-order valence-corrected chi connectivity index (χ2v) is 4.80. The molecule has 0 saturated heterocycles. The maximum Gasteiger partial charge on any atom is 0.108 e. The molecule has 0 aliphatic carbocycles. The van der Waals surface area contributed by atoms with Gasteiger partial charge in [0.05, 0.1) is 11.0 Å². The molecule has 2 aromatic rings. The monoisotopic (exact) mass is 231 g/mol. The average Bonchev–Trinajstić information content (AvgIpc) is 2.60. The molecule has 0 bridgehead atoms. The van der Waals surface area contributed by atoms with Gasteiger partial charge in [-0.3, -0.25) is 0 Å². The van der Waals surface area contributed by atoms with Crippen molar-refractivity contribution in [3.8, 4) is 0 Å². The first-order chi connectivity index (χ1) is 8.10. The lowest BCUT2D eigenvalue weighted by Crippen LogP contribution is -2.27. The lowest BCUT2D eigenvalue weighted by molar-refractivity contribution is 0.555. The van der Waals surface area contributed by atoms with E-state index in [1.54, 1.807) is 0 Å². The van der Waals surface area contributed by atoms with Crippen LogP contribution in [0.25, 0.3) is 11.0 Å². The summed E-state index contributed by atoms with van der Waals surface area (Å²) in [5, 5.41) is 3.40. The number of aryl methyl sites for hydroxylation is 2. The van der Waals surface area contributed by atoms with Gasteiger partial charge in [-0.25, -0.2) is 4.98 Å². The van der Waals surface area contributed by atoms with Gasteiger partial charge in [-0.2, -0.15) is 0 Å². The van der Waals surface area contributed by atoms with E-state index in [-0.39, 0.29) is 0 Å². The Bertz CT molecular complexity index is 474. The number of aromatic amines is 1. The molecule has 1 aromatic heterocycles. The second-order valence-electron chi connectivity index (χ2n) is 4.80. The van der Waals surface area contributed by atoms with Crippen LogP contribution in [0.5, 0.6) is 0 Å². The van der Waals surface area contributed by atoms with Crippen LogP contribution in [0.4, 0.5) is 0 Å². The normalized spacial score (nSPS) is 13.2. The van der Waals surface area contributed by atoms with Crippen LogP contribution in [0.3, 0.4) is 0 Å². The van der Waals surface area contributed by atoms with Crippen molar-refractivity contribution in [2.45, 2.75) is 40.2 Å². The zero-order chi connectivity index (χ0) is 12.4. The molecule has 0 radical (unpaired) electrons. The van der Waals surface area contributed by atoms with Gasteiger partial charge in [0.1, 0.15) is 5.82 Å². The molecule has 2 N–H and O–H groups in total. The highest BCUT2D eigenvalue weighted by Gasteiger charge is 2.08. The average molecular weight is 231 g/mol. The highest BCUT2D eigenvalue weighted by molar-refractivity contribution is 5.77. The largest absolute Gasteiger partial charge is 0.342 e. The number of likely N-dealkylation sites (N-methyl/N-ethyl adjacent to an activating group) is 1. The molecule has 1 heterocycles. The quantitative estimate of drug-likeness (QED) is 0.849. The smallest absolute Gasteiger partial charge is 0.108 e. The number of benzene rings is 1. The molecule has 92 valence electrons. The van der Waals surface area contributed by atoms with E-state index >= 15 is 0 Å². The fraction of sp³-hybridized carbons (Fsp3) is 0.500. The molecule has 0 fully saturated rings. The van der Waals surface area contributed by atoms with Gasteiger partial charge < -0.3 is 10.3 Å². The Hall–Kier alpha value is -1.35. The minimum Gasteiger partial charge on any atom is -0.342 e. The molecule has 2 rings (SSSR count). The summed E-state index contributed by atoms with van der Waals surface area (Å²) in [4.78, 5) is 8.04. The number of hydrogen-bond donors (Lipinski definition) is 2. The molecule has 1 aromatic carbocycles. The molecule has 1 unspecified atom stereocenters. The van der Waals surface area contributed by atoms with Gasteiger partial charge in [-0.15, -0.1) is 0 Å². The highest BCUT2D eigenvalue weighted by Crippen LogP contribution is 2.17. The number of nitrogens with one attached hydrogen (secondary N) is 2. The van der Waals surface area contributed by atoms with E-state index in [9.17, 15) is 0 Å². The van der Waals surface area contributed by atoms with Crippen LogP contribution in [0.2, 0.25) is 0 Å².